The van der Waals surface area contributed by atoms with E-state index in [1.54, 1.807) is 0 Å². The minimum atomic E-state index is 0.285. The normalized spacial score (nSPS) is 16.0. The van der Waals surface area contributed by atoms with Gasteiger partial charge in [0.2, 0.25) is 0 Å². The van der Waals surface area contributed by atoms with Crippen LogP contribution in [-0.2, 0) is 0 Å². The number of nitrogens with one attached hydrogen (secondary N) is 1. The SMILES string of the molecule is C[C@H](CO)CCN[C@@H](C)CCN. The number of aliphatic hydroxyl groups excluding tert-OH is 1. The fourth-order valence-electron chi connectivity index (χ4n) is 1.02. The van der Waals surface area contributed by atoms with Crippen LogP contribution in [0.4, 0.5) is 0 Å². The van der Waals surface area contributed by atoms with E-state index in [4.69, 9.17) is 10.8 Å². The Hall–Kier alpha value is -0.120. The van der Waals surface area contributed by atoms with Crippen molar-refractivity contribution in [2.24, 2.45) is 11.7 Å². The van der Waals surface area contributed by atoms with E-state index in [-0.39, 0.29) is 6.61 Å². The number of hydrogen-bond acceptors (Lipinski definition) is 3. The molecular weight excluding hydrogens is 152 g/mol. The summed E-state index contributed by atoms with van der Waals surface area (Å²) in [4.78, 5) is 0. The van der Waals surface area contributed by atoms with Crippen LogP contribution in [0.25, 0.3) is 0 Å². The zero-order valence-electron chi connectivity index (χ0n) is 8.21. The van der Waals surface area contributed by atoms with Crippen molar-refractivity contribution >= 4 is 0 Å². The van der Waals surface area contributed by atoms with Crippen molar-refractivity contribution in [1.29, 1.82) is 0 Å². The third-order valence-corrected chi connectivity index (χ3v) is 2.04. The second-order valence-corrected chi connectivity index (χ2v) is 3.51. The molecule has 3 nitrogen and oxygen atoms in total. The van der Waals surface area contributed by atoms with E-state index in [0.717, 1.165) is 25.9 Å². The van der Waals surface area contributed by atoms with Gasteiger partial charge in [0.15, 0.2) is 0 Å². The lowest BCUT2D eigenvalue weighted by Gasteiger charge is -2.14. The molecule has 0 aromatic rings. The molecule has 0 unspecified atom stereocenters. The maximum Gasteiger partial charge on any atom is 0.0457 e. The monoisotopic (exact) mass is 174 g/mol. The Morgan fingerprint density at radius 2 is 2.00 bits per heavy atom. The molecule has 4 N–H and O–H groups in total. The van der Waals surface area contributed by atoms with Crippen molar-refractivity contribution < 1.29 is 5.11 Å². The lowest BCUT2D eigenvalue weighted by atomic mass is 10.1. The molecule has 0 aromatic heterocycles. The molecule has 12 heavy (non-hydrogen) atoms. The number of rotatable bonds is 7. The summed E-state index contributed by atoms with van der Waals surface area (Å²) in [5.41, 5.74) is 5.41. The number of aliphatic hydroxyl groups is 1. The van der Waals surface area contributed by atoms with Crippen LogP contribution in [0.2, 0.25) is 0 Å². The van der Waals surface area contributed by atoms with Crippen LogP contribution in [-0.4, -0.2) is 30.8 Å². The molecule has 0 fully saturated rings. The fraction of sp³-hybridized carbons (Fsp3) is 1.00. The summed E-state index contributed by atoms with van der Waals surface area (Å²) in [6.07, 6.45) is 2.05. The summed E-state index contributed by atoms with van der Waals surface area (Å²) >= 11 is 0. The molecule has 0 aliphatic heterocycles. The van der Waals surface area contributed by atoms with Crippen molar-refractivity contribution in [2.75, 3.05) is 19.7 Å². The van der Waals surface area contributed by atoms with Crippen LogP contribution in [0, 0.1) is 5.92 Å². The zero-order valence-corrected chi connectivity index (χ0v) is 8.21. The van der Waals surface area contributed by atoms with Gasteiger partial charge in [0.05, 0.1) is 0 Å². The van der Waals surface area contributed by atoms with E-state index in [0.29, 0.717) is 12.0 Å². The van der Waals surface area contributed by atoms with Crippen LogP contribution in [0.5, 0.6) is 0 Å². The summed E-state index contributed by atoms with van der Waals surface area (Å²) in [5.74, 6) is 0.405. The molecule has 3 heteroatoms. The number of hydrogen-bond donors (Lipinski definition) is 3. The lowest BCUT2D eigenvalue weighted by molar-refractivity contribution is 0.228. The highest BCUT2D eigenvalue weighted by molar-refractivity contribution is 4.62. The largest absolute Gasteiger partial charge is 0.396 e. The summed E-state index contributed by atoms with van der Waals surface area (Å²) < 4.78 is 0. The molecule has 0 amide bonds. The van der Waals surface area contributed by atoms with Gasteiger partial charge in [-0.2, -0.15) is 0 Å². The quantitative estimate of drug-likeness (QED) is 0.521. The molecule has 0 bridgehead atoms. The highest BCUT2D eigenvalue weighted by Crippen LogP contribution is 1.98. The molecule has 0 rings (SSSR count). The zero-order chi connectivity index (χ0) is 9.40. The van der Waals surface area contributed by atoms with Crippen molar-refractivity contribution in [2.45, 2.75) is 32.7 Å². The molecule has 0 spiro atoms. The predicted octanol–water partition coefficient (Wildman–Crippen LogP) is 0.332. The predicted molar refractivity (Wildman–Crippen MR) is 52.0 cm³/mol. The molecule has 0 heterocycles. The van der Waals surface area contributed by atoms with Crippen LogP contribution in [0.15, 0.2) is 0 Å². The summed E-state index contributed by atoms with van der Waals surface area (Å²) in [7, 11) is 0. The van der Waals surface area contributed by atoms with Crippen LogP contribution in [0.3, 0.4) is 0 Å². The van der Waals surface area contributed by atoms with E-state index >= 15 is 0 Å². The lowest BCUT2D eigenvalue weighted by Crippen LogP contribution is -2.30. The highest BCUT2D eigenvalue weighted by Gasteiger charge is 2.01. The van der Waals surface area contributed by atoms with Crippen LogP contribution in [0.1, 0.15) is 26.7 Å². The minimum Gasteiger partial charge on any atom is -0.396 e. The topological polar surface area (TPSA) is 58.3 Å². The third kappa shape index (κ3) is 6.58. The number of nitrogens with two attached hydrogens (primary N) is 1. The molecule has 0 saturated heterocycles. The molecule has 74 valence electrons. The molecule has 0 aliphatic rings. The maximum absolute atomic E-state index is 8.76. The van der Waals surface area contributed by atoms with Crippen molar-refractivity contribution in [3.05, 3.63) is 0 Å². The van der Waals surface area contributed by atoms with Gasteiger partial charge in [-0.15, -0.1) is 0 Å². The fourth-order valence-corrected chi connectivity index (χ4v) is 1.02. The van der Waals surface area contributed by atoms with Gasteiger partial charge in [-0.25, -0.2) is 0 Å². The van der Waals surface area contributed by atoms with Crippen molar-refractivity contribution in [3.8, 4) is 0 Å². The molecule has 0 saturated carbocycles. The van der Waals surface area contributed by atoms with Crippen LogP contribution >= 0.6 is 0 Å². The van der Waals surface area contributed by atoms with E-state index < -0.39 is 0 Å². The first-order chi connectivity index (χ1) is 5.70. The smallest absolute Gasteiger partial charge is 0.0457 e. The van der Waals surface area contributed by atoms with Crippen molar-refractivity contribution in [1.82, 2.24) is 5.32 Å². The van der Waals surface area contributed by atoms with E-state index in [9.17, 15) is 0 Å². The molecule has 0 aromatic carbocycles. The maximum atomic E-state index is 8.76. The molecular formula is C9H22N2O. The Labute approximate surface area is 75.3 Å². The Kier molecular flexibility index (Phi) is 7.45. The first-order valence-electron chi connectivity index (χ1n) is 4.75. The van der Waals surface area contributed by atoms with Gasteiger partial charge in [-0.1, -0.05) is 6.92 Å². The summed E-state index contributed by atoms with van der Waals surface area (Å²) in [6, 6.07) is 0.501. The second kappa shape index (κ2) is 7.53. The Balaban J connectivity index is 3.18. The molecule has 2 atom stereocenters. The summed E-state index contributed by atoms with van der Waals surface area (Å²) in [6.45, 7) is 6.19. The Morgan fingerprint density at radius 3 is 2.50 bits per heavy atom. The van der Waals surface area contributed by atoms with E-state index in [1.165, 1.54) is 0 Å². The van der Waals surface area contributed by atoms with Gasteiger partial charge in [0, 0.05) is 12.6 Å². The standard InChI is InChI=1S/C9H22N2O/c1-8(7-12)4-6-11-9(2)3-5-10/h8-9,11-12H,3-7,10H2,1-2H3/t8-,9-/m0/s1. The summed E-state index contributed by atoms with van der Waals surface area (Å²) in [5, 5.41) is 12.1. The first kappa shape index (κ1) is 11.9. The second-order valence-electron chi connectivity index (χ2n) is 3.51. The van der Waals surface area contributed by atoms with Gasteiger partial charge in [0.1, 0.15) is 0 Å². The van der Waals surface area contributed by atoms with Gasteiger partial charge in [0.25, 0.3) is 0 Å². The van der Waals surface area contributed by atoms with E-state index in [1.807, 2.05) is 0 Å². The van der Waals surface area contributed by atoms with Gasteiger partial charge in [-0.05, 0) is 38.8 Å². The molecule has 0 aliphatic carbocycles. The Morgan fingerprint density at radius 1 is 1.33 bits per heavy atom. The van der Waals surface area contributed by atoms with Gasteiger partial charge < -0.3 is 16.2 Å². The van der Waals surface area contributed by atoms with Gasteiger partial charge in [-0.3, -0.25) is 0 Å². The highest BCUT2D eigenvalue weighted by atomic mass is 16.3. The Bertz CT molecular complexity index is 98.5. The van der Waals surface area contributed by atoms with Crippen LogP contribution < -0.4 is 11.1 Å². The van der Waals surface area contributed by atoms with Gasteiger partial charge >= 0.3 is 0 Å². The average molecular weight is 174 g/mol. The van der Waals surface area contributed by atoms with Crippen molar-refractivity contribution in [3.63, 3.8) is 0 Å². The van der Waals surface area contributed by atoms with E-state index in [2.05, 4.69) is 19.2 Å². The minimum absolute atomic E-state index is 0.285. The average Bonchev–Trinajstić information content (AvgIpc) is 2.04. The first-order valence-corrected chi connectivity index (χ1v) is 4.75. The molecule has 0 radical (unpaired) electrons. The third-order valence-electron chi connectivity index (χ3n) is 2.04.